The van der Waals surface area contributed by atoms with Gasteiger partial charge in [0, 0.05) is 24.2 Å². The molecule has 1 unspecified atom stereocenters. The van der Waals surface area contributed by atoms with Crippen LogP contribution in [0.5, 0.6) is 5.75 Å². The van der Waals surface area contributed by atoms with Crippen LogP contribution in [0.2, 0.25) is 0 Å². The molecule has 0 saturated heterocycles. The Hall–Kier alpha value is -1.76. The van der Waals surface area contributed by atoms with Crippen molar-refractivity contribution in [1.29, 1.82) is 0 Å². The van der Waals surface area contributed by atoms with Gasteiger partial charge >= 0.3 is 6.36 Å². The Morgan fingerprint density at radius 3 is 2.72 bits per heavy atom. The van der Waals surface area contributed by atoms with Gasteiger partial charge in [0.2, 0.25) is 5.91 Å². The molecule has 1 aromatic rings. The Kier molecular flexibility index (Phi) is 4.55. The van der Waals surface area contributed by atoms with E-state index in [-0.39, 0.29) is 29.8 Å². The average Bonchev–Trinajstić information content (AvgIpc) is 2.13. The lowest BCUT2D eigenvalue weighted by Crippen LogP contribution is -2.24. The number of carbonyl (C=O) groups is 1. The van der Waals surface area contributed by atoms with Crippen LogP contribution in [-0.4, -0.2) is 18.3 Å². The number of benzene rings is 1. The van der Waals surface area contributed by atoms with E-state index in [0.29, 0.717) is 0 Å². The molecule has 7 heteroatoms. The lowest BCUT2D eigenvalue weighted by Gasteiger charge is -2.11. The Morgan fingerprint density at radius 1 is 1.50 bits per heavy atom. The fourth-order valence-corrected chi connectivity index (χ4v) is 1.28. The highest BCUT2D eigenvalue weighted by molar-refractivity contribution is 5.91. The molecule has 0 bridgehead atoms. The number of rotatable bonds is 4. The first-order valence-corrected chi connectivity index (χ1v) is 5.17. The maximum atomic E-state index is 12.0. The topological polar surface area (TPSA) is 64.4 Å². The Morgan fingerprint density at radius 2 is 2.17 bits per heavy atom. The van der Waals surface area contributed by atoms with E-state index in [1.807, 2.05) is 0 Å². The molecule has 4 nitrogen and oxygen atoms in total. The van der Waals surface area contributed by atoms with E-state index in [0.717, 1.165) is 12.1 Å². The molecule has 3 N–H and O–H groups in total. The zero-order valence-electron chi connectivity index (χ0n) is 9.62. The van der Waals surface area contributed by atoms with Crippen molar-refractivity contribution in [3.8, 4) is 5.75 Å². The number of hydrogen-bond donors (Lipinski definition) is 2. The summed E-state index contributed by atoms with van der Waals surface area (Å²) in [5, 5.41) is 2.43. The Balaban J connectivity index is 2.68. The van der Waals surface area contributed by atoms with Gasteiger partial charge in [-0.05, 0) is 19.1 Å². The van der Waals surface area contributed by atoms with Crippen molar-refractivity contribution in [2.75, 3.05) is 5.32 Å². The number of halogens is 3. The van der Waals surface area contributed by atoms with Gasteiger partial charge in [0.25, 0.3) is 0 Å². The summed E-state index contributed by atoms with van der Waals surface area (Å²) in [5.74, 6) is -0.754. The number of alkyl halides is 3. The highest BCUT2D eigenvalue weighted by atomic mass is 19.4. The molecule has 0 spiro atoms. The first-order chi connectivity index (χ1) is 8.26. The van der Waals surface area contributed by atoms with Gasteiger partial charge in [0.15, 0.2) is 0 Å². The smallest absolute Gasteiger partial charge is 0.406 e. The van der Waals surface area contributed by atoms with Gasteiger partial charge in [-0.1, -0.05) is 6.07 Å². The maximum absolute atomic E-state index is 12.0. The summed E-state index contributed by atoms with van der Waals surface area (Å²) in [6, 6.07) is 4.73. The summed E-state index contributed by atoms with van der Waals surface area (Å²) in [4.78, 5) is 11.4. The SMILES string of the molecule is CC(N)CC(=O)Nc1cccc(OC(F)(F)F)c1. The van der Waals surface area contributed by atoms with Crippen molar-refractivity contribution < 1.29 is 22.7 Å². The number of hydrogen-bond acceptors (Lipinski definition) is 3. The zero-order valence-corrected chi connectivity index (χ0v) is 9.62. The third kappa shape index (κ3) is 5.53. The molecule has 100 valence electrons. The van der Waals surface area contributed by atoms with E-state index >= 15 is 0 Å². The van der Waals surface area contributed by atoms with Gasteiger partial charge in [-0.25, -0.2) is 0 Å². The minimum Gasteiger partial charge on any atom is -0.406 e. The molecule has 0 radical (unpaired) electrons. The van der Waals surface area contributed by atoms with Crippen LogP contribution in [0.15, 0.2) is 24.3 Å². The number of nitrogens with one attached hydrogen (secondary N) is 1. The first-order valence-electron chi connectivity index (χ1n) is 5.17. The minimum absolute atomic E-state index is 0.0877. The lowest BCUT2D eigenvalue weighted by molar-refractivity contribution is -0.274. The van der Waals surface area contributed by atoms with E-state index in [2.05, 4.69) is 10.1 Å². The fourth-order valence-electron chi connectivity index (χ4n) is 1.28. The van der Waals surface area contributed by atoms with E-state index in [9.17, 15) is 18.0 Å². The molecule has 0 aromatic heterocycles. The van der Waals surface area contributed by atoms with Crippen LogP contribution < -0.4 is 15.8 Å². The van der Waals surface area contributed by atoms with Gasteiger partial charge in [-0.3, -0.25) is 4.79 Å². The second kappa shape index (κ2) is 5.72. The molecule has 0 saturated carbocycles. The van der Waals surface area contributed by atoms with E-state index < -0.39 is 6.36 Å². The van der Waals surface area contributed by atoms with Crippen molar-refractivity contribution >= 4 is 11.6 Å². The molecule has 18 heavy (non-hydrogen) atoms. The first kappa shape index (κ1) is 14.3. The number of anilines is 1. The summed E-state index contributed by atoms with van der Waals surface area (Å²) < 4.78 is 39.7. The molecule has 1 atom stereocenters. The summed E-state index contributed by atoms with van der Waals surface area (Å²) >= 11 is 0. The van der Waals surface area contributed by atoms with E-state index in [1.165, 1.54) is 12.1 Å². The van der Waals surface area contributed by atoms with Crippen molar-refractivity contribution in [3.63, 3.8) is 0 Å². The van der Waals surface area contributed by atoms with Gasteiger partial charge < -0.3 is 15.8 Å². The molecule has 1 amide bonds. The van der Waals surface area contributed by atoms with Crippen LogP contribution in [0.1, 0.15) is 13.3 Å². The van der Waals surface area contributed by atoms with E-state index in [4.69, 9.17) is 5.73 Å². The fraction of sp³-hybridized carbons (Fsp3) is 0.364. The Labute approximate surface area is 102 Å². The molecule has 0 aliphatic rings. The van der Waals surface area contributed by atoms with Gasteiger partial charge in [-0.15, -0.1) is 13.2 Å². The second-order valence-corrected chi connectivity index (χ2v) is 3.81. The van der Waals surface area contributed by atoms with E-state index in [1.54, 1.807) is 6.92 Å². The van der Waals surface area contributed by atoms with Crippen molar-refractivity contribution in [3.05, 3.63) is 24.3 Å². The second-order valence-electron chi connectivity index (χ2n) is 3.81. The Bertz CT molecular complexity index is 419. The maximum Gasteiger partial charge on any atom is 0.573 e. The van der Waals surface area contributed by atoms with Crippen LogP contribution in [-0.2, 0) is 4.79 Å². The molecular weight excluding hydrogens is 249 g/mol. The predicted octanol–water partition coefficient (Wildman–Crippen LogP) is 2.26. The molecule has 1 rings (SSSR count). The van der Waals surface area contributed by atoms with Crippen LogP contribution in [0.3, 0.4) is 0 Å². The average molecular weight is 262 g/mol. The van der Waals surface area contributed by atoms with Gasteiger partial charge in [-0.2, -0.15) is 0 Å². The summed E-state index contributed by atoms with van der Waals surface area (Å²) in [7, 11) is 0. The quantitative estimate of drug-likeness (QED) is 0.874. The molecule has 0 aliphatic heterocycles. The monoisotopic (exact) mass is 262 g/mol. The number of carbonyl (C=O) groups excluding carboxylic acids is 1. The molecule has 1 aromatic carbocycles. The largest absolute Gasteiger partial charge is 0.573 e. The third-order valence-corrected chi connectivity index (χ3v) is 1.86. The molecule has 0 aliphatic carbocycles. The zero-order chi connectivity index (χ0) is 13.8. The summed E-state index contributed by atoms with van der Waals surface area (Å²) in [6.07, 6.45) is -4.67. The third-order valence-electron chi connectivity index (χ3n) is 1.86. The standard InChI is InChI=1S/C11H13F3N2O2/c1-7(15)5-10(17)16-8-3-2-4-9(6-8)18-11(12,13)14/h2-4,6-7H,5,15H2,1H3,(H,16,17). The lowest BCUT2D eigenvalue weighted by atomic mass is 10.2. The van der Waals surface area contributed by atoms with Crippen LogP contribution in [0.25, 0.3) is 0 Å². The summed E-state index contributed by atoms with van der Waals surface area (Å²) in [6.45, 7) is 1.66. The highest BCUT2D eigenvalue weighted by Gasteiger charge is 2.31. The normalized spacial score (nSPS) is 12.9. The van der Waals surface area contributed by atoms with Gasteiger partial charge in [0.05, 0.1) is 0 Å². The highest BCUT2D eigenvalue weighted by Crippen LogP contribution is 2.25. The van der Waals surface area contributed by atoms with Gasteiger partial charge in [0.1, 0.15) is 5.75 Å². The number of ether oxygens (including phenoxy) is 1. The van der Waals surface area contributed by atoms with Crippen molar-refractivity contribution in [1.82, 2.24) is 0 Å². The molecular formula is C11H13F3N2O2. The van der Waals surface area contributed by atoms with Crippen LogP contribution in [0.4, 0.5) is 18.9 Å². The summed E-state index contributed by atoms with van der Waals surface area (Å²) in [5.41, 5.74) is 5.65. The number of nitrogens with two attached hydrogens (primary N) is 1. The van der Waals surface area contributed by atoms with Crippen LogP contribution in [0, 0.1) is 0 Å². The number of amides is 1. The molecule has 0 fully saturated rings. The predicted molar refractivity (Wildman–Crippen MR) is 60.0 cm³/mol. The van der Waals surface area contributed by atoms with Crippen LogP contribution >= 0.6 is 0 Å². The van der Waals surface area contributed by atoms with Crippen molar-refractivity contribution in [2.24, 2.45) is 5.73 Å². The molecule has 0 heterocycles. The van der Waals surface area contributed by atoms with Crippen molar-refractivity contribution in [2.45, 2.75) is 25.7 Å². The minimum atomic E-state index is -4.76.